The Bertz CT molecular complexity index is 236. The minimum Gasteiger partial charge on any atom is -0.380 e. The highest BCUT2D eigenvalue weighted by Crippen LogP contribution is 1.99. The summed E-state index contributed by atoms with van der Waals surface area (Å²) in [5.74, 6) is 0. The molecule has 14 heavy (non-hydrogen) atoms. The molecule has 0 radical (unpaired) electrons. The van der Waals surface area contributed by atoms with Crippen molar-refractivity contribution in [3.05, 3.63) is 29.2 Å². The minimum absolute atomic E-state index is 0.748. The molecule has 0 bridgehead atoms. The van der Waals surface area contributed by atoms with Crippen LogP contribution in [0, 0.1) is 0 Å². The number of hydrogen-bond acceptors (Lipinski definition) is 4. The maximum absolute atomic E-state index is 5.34. The summed E-state index contributed by atoms with van der Waals surface area (Å²) in [5, 5.41) is 5.31. The molecule has 0 aliphatic carbocycles. The Hall–Kier alpha value is -0.710. The van der Waals surface area contributed by atoms with Crippen LogP contribution in [-0.4, -0.2) is 24.7 Å². The summed E-state index contributed by atoms with van der Waals surface area (Å²) in [6, 6.07) is 0. The second-order valence-corrected chi connectivity index (χ2v) is 3.56. The van der Waals surface area contributed by atoms with Crippen molar-refractivity contribution >= 4 is 11.3 Å². The van der Waals surface area contributed by atoms with Gasteiger partial charge in [-0.2, -0.15) is 0 Å². The zero-order valence-corrected chi connectivity index (χ0v) is 9.05. The van der Waals surface area contributed by atoms with Gasteiger partial charge in [-0.25, -0.2) is 4.98 Å². The molecule has 1 heterocycles. The molecule has 1 aromatic heterocycles. The van der Waals surface area contributed by atoms with E-state index in [9.17, 15) is 0 Å². The van der Waals surface area contributed by atoms with Crippen LogP contribution < -0.4 is 5.32 Å². The fourth-order valence-corrected chi connectivity index (χ4v) is 1.51. The summed E-state index contributed by atoms with van der Waals surface area (Å²) in [7, 11) is 0. The Labute approximate surface area is 88.8 Å². The third-order valence-corrected chi connectivity index (χ3v) is 2.31. The summed E-state index contributed by atoms with van der Waals surface area (Å²) >= 11 is 1.62. The summed E-state index contributed by atoms with van der Waals surface area (Å²) < 4.78 is 5.34. The van der Waals surface area contributed by atoms with Crippen LogP contribution in [0.1, 0.15) is 12.1 Å². The van der Waals surface area contributed by atoms with Gasteiger partial charge in [0.1, 0.15) is 0 Å². The first-order valence-corrected chi connectivity index (χ1v) is 5.64. The highest BCUT2D eigenvalue weighted by atomic mass is 32.1. The van der Waals surface area contributed by atoms with E-state index in [4.69, 9.17) is 4.74 Å². The standard InChI is InChI=1S/C10H16N2OS/c1-2-3-5-13-6-4-11-7-10-8-14-9-12-10/h2,8-9,11H,1,3-7H2. The molecule has 0 fully saturated rings. The summed E-state index contributed by atoms with van der Waals surface area (Å²) in [4.78, 5) is 4.17. The molecule has 1 rings (SSSR count). The van der Waals surface area contributed by atoms with Crippen LogP contribution in [-0.2, 0) is 11.3 Å². The average Bonchev–Trinajstić information content (AvgIpc) is 2.69. The van der Waals surface area contributed by atoms with Gasteiger partial charge in [-0.3, -0.25) is 0 Å². The van der Waals surface area contributed by atoms with Crippen LogP contribution in [0.2, 0.25) is 0 Å². The molecule has 0 amide bonds. The number of aromatic nitrogens is 1. The molecule has 4 heteroatoms. The normalized spacial score (nSPS) is 10.3. The highest BCUT2D eigenvalue weighted by molar-refractivity contribution is 7.07. The summed E-state index contributed by atoms with van der Waals surface area (Å²) in [6.45, 7) is 6.84. The van der Waals surface area contributed by atoms with E-state index < -0.39 is 0 Å². The fraction of sp³-hybridized carbons (Fsp3) is 0.500. The number of ether oxygens (including phenoxy) is 1. The molecule has 3 nitrogen and oxygen atoms in total. The molecule has 1 N–H and O–H groups in total. The van der Waals surface area contributed by atoms with Crippen LogP contribution in [0.4, 0.5) is 0 Å². The van der Waals surface area contributed by atoms with Gasteiger partial charge >= 0.3 is 0 Å². The Morgan fingerprint density at radius 3 is 3.21 bits per heavy atom. The van der Waals surface area contributed by atoms with Gasteiger partial charge in [-0.1, -0.05) is 6.08 Å². The van der Waals surface area contributed by atoms with Crippen LogP contribution in [0.5, 0.6) is 0 Å². The van der Waals surface area contributed by atoms with Crippen molar-refractivity contribution in [2.45, 2.75) is 13.0 Å². The summed E-state index contributed by atoms with van der Waals surface area (Å²) in [5.41, 5.74) is 2.94. The lowest BCUT2D eigenvalue weighted by atomic mass is 10.4. The molecule has 0 unspecified atom stereocenters. The molecular formula is C10H16N2OS. The lowest BCUT2D eigenvalue weighted by Gasteiger charge is -2.03. The first-order valence-electron chi connectivity index (χ1n) is 4.70. The molecule has 1 aromatic rings. The fourth-order valence-electron chi connectivity index (χ4n) is 0.954. The molecule has 0 spiro atoms. The quantitative estimate of drug-likeness (QED) is 0.527. The van der Waals surface area contributed by atoms with E-state index in [0.29, 0.717) is 0 Å². The molecule has 0 aliphatic rings. The minimum atomic E-state index is 0.748. The number of nitrogens with one attached hydrogen (secondary N) is 1. The van der Waals surface area contributed by atoms with Crippen molar-refractivity contribution in [1.82, 2.24) is 10.3 Å². The van der Waals surface area contributed by atoms with Gasteiger partial charge < -0.3 is 10.1 Å². The molecular weight excluding hydrogens is 196 g/mol. The Morgan fingerprint density at radius 1 is 1.57 bits per heavy atom. The van der Waals surface area contributed by atoms with Crippen LogP contribution in [0.15, 0.2) is 23.5 Å². The number of thiazole rings is 1. The molecule has 0 saturated carbocycles. The SMILES string of the molecule is C=CCCOCCNCc1cscn1. The lowest BCUT2D eigenvalue weighted by Crippen LogP contribution is -2.19. The maximum atomic E-state index is 5.34. The number of nitrogens with zero attached hydrogens (tertiary/aromatic N) is 1. The topological polar surface area (TPSA) is 34.1 Å². The maximum Gasteiger partial charge on any atom is 0.0795 e. The van der Waals surface area contributed by atoms with E-state index >= 15 is 0 Å². The zero-order valence-electron chi connectivity index (χ0n) is 8.24. The molecule has 0 atom stereocenters. The lowest BCUT2D eigenvalue weighted by molar-refractivity contribution is 0.140. The third kappa shape index (κ3) is 5.11. The average molecular weight is 212 g/mol. The largest absolute Gasteiger partial charge is 0.380 e. The van der Waals surface area contributed by atoms with Gasteiger partial charge in [0, 0.05) is 18.5 Å². The van der Waals surface area contributed by atoms with Gasteiger partial charge in [-0.05, 0) is 6.42 Å². The Kier molecular flexibility index (Phi) is 6.23. The van der Waals surface area contributed by atoms with Gasteiger partial charge in [0.25, 0.3) is 0 Å². The van der Waals surface area contributed by atoms with E-state index in [1.165, 1.54) is 0 Å². The monoisotopic (exact) mass is 212 g/mol. The van der Waals surface area contributed by atoms with E-state index in [-0.39, 0.29) is 0 Å². The van der Waals surface area contributed by atoms with Crippen molar-refractivity contribution in [3.63, 3.8) is 0 Å². The predicted octanol–water partition coefficient (Wildman–Crippen LogP) is 1.83. The summed E-state index contributed by atoms with van der Waals surface area (Å²) in [6.07, 6.45) is 2.79. The van der Waals surface area contributed by atoms with Crippen molar-refractivity contribution in [1.29, 1.82) is 0 Å². The Balaban J connectivity index is 1.87. The van der Waals surface area contributed by atoms with Crippen molar-refractivity contribution in [3.8, 4) is 0 Å². The first-order chi connectivity index (χ1) is 6.93. The van der Waals surface area contributed by atoms with E-state index in [1.807, 2.05) is 17.0 Å². The second kappa shape index (κ2) is 7.67. The van der Waals surface area contributed by atoms with Gasteiger partial charge in [0.2, 0.25) is 0 Å². The van der Waals surface area contributed by atoms with Crippen molar-refractivity contribution in [2.75, 3.05) is 19.8 Å². The van der Waals surface area contributed by atoms with Crippen LogP contribution >= 0.6 is 11.3 Å². The molecule has 78 valence electrons. The third-order valence-electron chi connectivity index (χ3n) is 1.68. The van der Waals surface area contributed by atoms with E-state index in [0.717, 1.165) is 38.4 Å². The Morgan fingerprint density at radius 2 is 2.50 bits per heavy atom. The van der Waals surface area contributed by atoms with Gasteiger partial charge in [-0.15, -0.1) is 17.9 Å². The molecule has 0 aromatic carbocycles. The smallest absolute Gasteiger partial charge is 0.0795 e. The predicted molar refractivity (Wildman–Crippen MR) is 59.5 cm³/mol. The van der Waals surface area contributed by atoms with E-state index in [2.05, 4.69) is 16.9 Å². The van der Waals surface area contributed by atoms with Crippen molar-refractivity contribution < 1.29 is 4.74 Å². The number of hydrogen-bond donors (Lipinski definition) is 1. The first kappa shape index (κ1) is 11.4. The second-order valence-electron chi connectivity index (χ2n) is 2.85. The van der Waals surface area contributed by atoms with Gasteiger partial charge in [0.05, 0.1) is 24.4 Å². The number of rotatable bonds is 8. The highest BCUT2D eigenvalue weighted by Gasteiger charge is 1.93. The molecule has 0 aliphatic heterocycles. The van der Waals surface area contributed by atoms with E-state index in [1.54, 1.807) is 11.3 Å². The van der Waals surface area contributed by atoms with Crippen LogP contribution in [0.3, 0.4) is 0 Å². The van der Waals surface area contributed by atoms with Crippen molar-refractivity contribution in [2.24, 2.45) is 0 Å². The van der Waals surface area contributed by atoms with Gasteiger partial charge in [0.15, 0.2) is 0 Å². The van der Waals surface area contributed by atoms with Crippen LogP contribution in [0.25, 0.3) is 0 Å². The molecule has 0 saturated heterocycles. The zero-order chi connectivity index (χ0) is 10.1.